The predicted molar refractivity (Wildman–Crippen MR) is 71.0 cm³/mol. The average Bonchev–Trinajstić information content (AvgIpc) is 2.77. The van der Waals surface area contributed by atoms with Crippen molar-refractivity contribution in [2.45, 2.75) is 38.2 Å². The molecular formula is C14H16BrFO2. The van der Waals surface area contributed by atoms with Crippen LogP contribution in [-0.2, 0) is 16.0 Å². The molecule has 0 N–H and O–H groups in total. The van der Waals surface area contributed by atoms with Gasteiger partial charge in [-0.25, -0.2) is 4.39 Å². The van der Waals surface area contributed by atoms with Gasteiger partial charge in [0.1, 0.15) is 11.6 Å². The van der Waals surface area contributed by atoms with Gasteiger partial charge in [0.2, 0.25) is 0 Å². The Morgan fingerprint density at radius 2 is 2.28 bits per heavy atom. The number of benzene rings is 1. The molecule has 2 nitrogen and oxygen atoms in total. The second-order valence-electron chi connectivity index (χ2n) is 4.67. The van der Waals surface area contributed by atoms with Crippen LogP contribution in [0.1, 0.15) is 31.2 Å². The fraction of sp³-hybridized carbons (Fsp3) is 0.500. The van der Waals surface area contributed by atoms with Crippen molar-refractivity contribution in [3.05, 3.63) is 34.1 Å². The smallest absolute Gasteiger partial charge is 0.137 e. The minimum Gasteiger partial charge on any atom is -0.378 e. The first kappa shape index (κ1) is 13.7. The van der Waals surface area contributed by atoms with Crippen LogP contribution in [0.4, 0.5) is 4.39 Å². The summed E-state index contributed by atoms with van der Waals surface area (Å²) in [6.45, 7) is 0.815. The summed E-state index contributed by atoms with van der Waals surface area (Å²) in [5.41, 5.74) is 0.721. The minimum absolute atomic E-state index is 0.142. The first-order chi connectivity index (χ1) is 8.63. The van der Waals surface area contributed by atoms with Crippen LogP contribution >= 0.6 is 15.9 Å². The van der Waals surface area contributed by atoms with Crippen molar-refractivity contribution in [2.24, 2.45) is 0 Å². The van der Waals surface area contributed by atoms with Crippen LogP contribution < -0.4 is 0 Å². The third-order valence-corrected chi connectivity index (χ3v) is 3.55. The molecule has 1 heterocycles. The van der Waals surface area contributed by atoms with Gasteiger partial charge in [-0.2, -0.15) is 0 Å². The van der Waals surface area contributed by atoms with Gasteiger partial charge < -0.3 is 4.74 Å². The Morgan fingerprint density at radius 3 is 2.94 bits per heavy atom. The summed E-state index contributed by atoms with van der Waals surface area (Å²) in [4.78, 5) is 11.8. The van der Waals surface area contributed by atoms with Crippen LogP contribution in [0.15, 0.2) is 22.7 Å². The number of halogens is 2. The number of carbonyl (C=O) groups is 1. The first-order valence-electron chi connectivity index (χ1n) is 6.22. The van der Waals surface area contributed by atoms with Crippen LogP contribution in [0.2, 0.25) is 0 Å². The van der Waals surface area contributed by atoms with E-state index in [4.69, 9.17) is 4.74 Å². The molecule has 0 bridgehead atoms. The highest BCUT2D eigenvalue weighted by Crippen LogP contribution is 2.19. The average molecular weight is 315 g/mol. The molecule has 1 fully saturated rings. The summed E-state index contributed by atoms with van der Waals surface area (Å²) in [6.07, 6.45) is 3.99. The van der Waals surface area contributed by atoms with Gasteiger partial charge in [-0.15, -0.1) is 0 Å². The quantitative estimate of drug-likeness (QED) is 0.829. The minimum atomic E-state index is -0.314. The molecule has 1 atom stereocenters. The summed E-state index contributed by atoms with van der Waals surface area (Å²) in [5, 5.41) is 0. The summed E-state index contributed by atoms with van der Waals surface area (Å²) in [6, 6.07) is 4.59. The van der Waals surface area contributed by atoms with E-state index >= 15 is 0 Å². The van der Waals surface area contributed by atoms with E-state index in [1.807, 2.05) is 0 Å². The Bertz CT molecular complexity index is 408. The van der Waals surface area contributed by atoms with E-state index in [1.54, 1.807) is 6.07 Å². The highest BCUT2D eigenvalue weighted by molar-refractivity contribution is 9.10. The third-order valence-electron chi connectivity index (χ3n) is 3.09. The summed E-state index contributed by atoms with van der Waals surface area (Å²) in [7, 11) is 0. The lowest BCUT2D eigenvalue weighted by Gasteiger charge is -2.08. The summed E-state index contributed by atoms with van der Waals surface area (Å²) >= 11 is 3.22. The number of carbonyl (C=O) groups excluding carboxylic acids is 1. The predicted octanol–water partition coefficient (Wildman–Crippen LogP) is 3.66. The van der Waals surface area contributed by atoms with Gasteiger partial charge in [-0.05, 0) is 43.0 Å². The second-order valence-corrected chi connectivity index (χ2v) is 5.58. The molecule has 0 aromatic heterocycles. The fourth-order valence-corrected chi connectivity index (χ4v) is 2.74. The highest BCUT2D eigenvalue weighted by Gasteiger charge is 2.16. The Kier molecular flexibility index (Phi) is 4.89. The molecule has 0 amide bonds. The molecule has 1 saturated heterocycles. The molecule has 1 aromatic rings. The van der Waals surface area contributed by atoms with Gasteiger partial charge >= 0.3 is 0 Å². The zero-order valence-corrected chi connectivity index (χ0v) is 11.7. The molecular weight excluding hydrogens is 299 g/mol. The number of rotatable bonds is 5. The normalized spacial score (nSPS) is 19.1. The van der Waals surface area contributed by atoms with E-state index in [1.165, 1.54) is 12.1 Å². The van der Waals surface area contributed by atoms with Gasteiger partial charge in [0.05, 0.1) is 6.10 Å². The number of hydrogen-bond acceptors (Lipinski definition) is 2. The van der Waals surface area contributed by atoms with E-state index in [-0.39, 0.29) is 17.7 Å². The van der Waals surface area contributed by atoms with Crippen LogP contribution in [0.3, 0.4) is 0 Å². The van der Waals surface area contributed by atoms with Crippen molar-refractivity contribution >= 4 is 21.7 Å². The zero-order chi connectivity index (χ0) is 13.0. The Hall–Kier alpha value is -0.740. The molecule has 0 spiro atoms. The molecule has 0 radical (unpaired) electrons. The Morgan fingerprint density at radius 1 is 1.44 bits per heavy atom. The lowest BCUT2D eigenvalue weighted by atomic mass is 10.0. The number of Topliss-reactive ketones (excluding diaryl/α,β-unsaturated/α-hetero) is 1. The Labute approximate surface area is 115 Å². The van der Waals surface area contributed by atoms with Gasteiger partial charge in [0.25, 0.3) is 0 Å². The molecule has 1 aliphatic rings. The van der Waals surface area contributed by atoms with E-state index in [0.29, 0.717) is 17.3 Å². The van der Waals surface area contributed by atoms with Crippen LogP contribution in [0, 0.1) is 5.82 Å². The topological polar surface area (TPSA) is 26.3 Å². The van der Waals surface area contributed by atoms with E-state index < -0.39 is 0 Å². The fourth-order valence-electron chi connectivity index (χ4n) is 2.22. The number of ether oxygens (including phenoxy) is 1. The Balaban J connectivity index is 1.82. The summed E-state index contributed by atoms with van der Waals surface area (Å²) in [5.74, 6) is -0.172. The highest BCUT2D eigenvalue weighted by atomic mass is 79.9. The van der Waals surface area contributed by atoms with E-state index in [2.05, 4.69) is 15.9 Å². The van der Waals surface area contributed by atoms with Gasteiger partial charge in [-0.3, -0.25) is 4.79 Å². The SMILES string of the molecule is O=C(CCC1CCCO1)Cc1cc(F)cc(Br)c1. The molecule has 2 rings (SSSR count). The molecule has 1 unspecified atom stereocenters. The van der Waals surface area contributed by atoms with Gasteiger partial charge in [0.15, 0.2) is 0 Å². The monoisotopic (exact) mass is 314 g/mol. The second kappa shape index (κ2) is 6.43. The van der Waals surface area contributed by atoms with E-state index in [0.717, 1.165) is 31.4 Å². The van der Waals surface area contributed by atoms with Crippen LogP contribution in [0.5, 0.6) is 0 Å². The van der Waals surface area contributed by atoms with Crippen molar-refractivity contribution < 1.29 is 13.9 Å². The lowest BCUT2D eigenvalue weighted by Crippen LogP contribution is -2.10. The number of hydrogen-bond donors (Lipinski definition) is 0. The third kappa shape index (κ3) is 4.18. The van der Waals surface area contributed by atoms with Crippen molar-refractivity contribution in [3.8, 4) is 0 Å². The first-order valence-corrected chi connectivity index (χ1v) is 7.01. The standard InChI is InChI=1S/C14H16BrFO2/c15-11-6-10(7-12(16)9-11)8-13(17)3-4-14-2-1-5-18-14/h6-7,9,14H,1-5,8H2. The van der Waals surface area contributed by atoms with Crippen LogP contribution in [-0.4, -0.2) is 18.5 Å². The molecule has 0 saturated carbocycles. The van der Waals surface area contributed by atoms with Gasteiger partial charge in [-0.1, -0.05) is 15.9 Å². The molecule has 18 heavy (non-hydrogen) atoms. The molecule has 1 aliphatic heterocycles. The molecule has 98 valence electrons. The van der Waals surface area contributed by atoms with Crippen molar-refractivity contribution in [2.75, 3.05) is 6.61 Å². The largest absolute Gasteiger partial charge is 0.378 e. The van der Waals surface area contributed by atoms with E-state index in [9.17, 15) is 9.18 Å². The molecule has 4 heteroatoms. The van der Waals surface area contributed by atoms with Crippen molar-refractivity contribution in [1.82, 2.24) is 0 Å². The van der Waals surface area contributed by atoms with Gasteiger partial charge in [0, 0.05) is 23.9 Å². The number of ketones is 1. The van der Waals surface area contributed by atoms with Crippen molar-refractivity contribution in [3.63, 3.8) is 0 Å². The maximum atomic E-state index is 13.1. The maximum absolute atomic E-state index is 13.1. The van der Waals surface area contributed by atoms with Crippen molar-refractivity contribution in [1.29, 1.82) is 0 Å². The maximum Gasteiger partial charge on any atom is 0.137 e. The van der Waals surface area contributed by atoms with Crippen LogP contribution in [0.25, 0.3) is 0 Å². The lowest BCUT2D eigenvalue weighted by molar-refractivity contribution is -0.119. The summed E-state index contributed by atoms with van der Waals surface area (Å²) < 4.78 is 19.3. The molecule has 0 aliphatic carbocycles. The molecule has 1 aromatic carbocycles. The zero-order valence-electron chi connectivity index (χ0n) is 10.1.